The number of benzene rings is 6. The summed E-state index contributed by atoms with van der Waals surface area (Å²) in [6, 6.07) is 28.8. The van der Waals surface area contributed by atoms with E-state index in [-0.39, 0.29) is 41.6 Å². The SMILES string of the molecule is Cc1cc2c(O)c(c1)Cc1cc(C)cc(c1O)Cc1cc(C#Cc3ccccc3)cc(c1O)Cc1cc(C)cc(c1O)Cc1cc(C)cc(c1O)C2. The summed E-state index contributed by atoms with van der Waals surface area (Å²) in [6.07, 6.45) is 1.37. The number of hydrogen-bond acceptors (Lipinski definition) is 5. The van der Waals surface area contributed by atoms with Gasteiger partial charge in [-0.3, -0.25) is 0 Å². The van der Waals surface area contributed by atoms with Gasteiger partial charge in [0, 0.05) is 43.2 Å². The van der Waals surface area contributed by atoms with E-state index in [1.807, 2.05) is 119 Å². The van der Waals surface area contributed by atoms with Crippen LogP contribution in [0.2, 0.25) is 0 Å². The van der Waals surface area contributed by atoms with Gasteiger partial charge in [0.25, 0.3) is 0 Å². The normalized spacial score (nSPS) is 12.5. The molecule has 1 aliphatic carbocycles. The van der Waals surface area contributed by atoms with Gasteiger partial charge in [-0.15, -0.1) is 0 Å². The highest BCUT2D eigenvalue weighted by Crippen LogP contribution is 2.39. The molecule has 0 aliphatic heterocycles. The van der Waals surface area contributed by atoms with E-state index in [1.165, 1.54) is 0 Å². The van der Waals surface area contributed by atoms with Crippen LogP contribution < -0.4 is 0 Å². The van der Waals surface area contributed by atoms with Gasteiger partial charge in [0.1, 0.15) is 28.7 Å². The molecule has 5 heteroatoms. The van der Waals surface area contributed by atoms with Crippen molar-refractivity contribution in [2.45, 2.75) is 59.8 Å². The summed E-state index contributed by atoms with van der Waals surface area (Å²) in [5, 5.41) is 58.6. The molecule has 260 valence electrons. The van der Waals surface area contributed by atoms with Gasteiger partial charge in [-0.2, -0.15) is 0 Å². The summed E-state index contributed by atoms with van der Waals surface area (Å²) in [4.78, 5) is 0. The Balaban J connectivity index is 1.46. The molecular formula is C47H42O5. The van der Waals surface area contributed by atoms with Crippen molar-refractivity contribution >= 4 is 0 Å². The predicted octanol–water partition coefficient (Wildman–Crippen LogP) is 9.12. The molecule has 0 fully saturated rings. The van der Waals surface area contributed by atoms with Crippen molar-refractivity contribution in [2.24, 2.45) is 0 Å². The van der Waals surface area contributed by atoms with Crippen LogP contribution in [0.3, 0.4) is 0 Å². The van der Waals surface area contributed by atoms with Crippen LogP contribution in [0.15, 0.2) is 91.0 Å². The first kappa shape index (κ1) is 34.3. The summed E-state index contributed by atoms with van der Waals surface area (Å²) in [5.74, 6) is 7.03. The van der Waals surface area contributed by atoms with Crippen LogP contribution in [0.1, 0.15) is 89.0 Å². The second kappa shape index (κ2) is 13.9. The van der Waals surface area contributed by atoms with Crippen molar-refractivity contribution in [1.82, 2.24) is 0 Å². The lowest BCUT2D eigenvalue weighted by atomic mass is 9.89. The Labute approximate surface area is 305 Å². The van der Waals surface area contributed by atoms with E-state index in [9.17, 15) is 25.5 Å². The summed E-state index contributed by atoms with van der Waals surface area (Å²) >= 11 is 0. The number of hydrogen-bond donors (Lipinski definition) is 5. The molecule has 0 spiro atoms. The van der Waals surface area contributed by atoms with Gasteiger partial charge in [-0.1, -0.05) is 101 Å². The molecule has 10 bridgehead atoms. The highest BCUT2D eigenvalue weighted by molar-refractivity contribution is 5.59. The number of rotatable bonds is 0. The Morgan fingerprint density at radius 3 is 0.827 bits per heavy atom. The Morgan fingerprint density at radius 1 is 0.327 bits per heavy atom. The molecule has 0 amide bonds. The minimum absolute atomic E-state index is 0.0755. The lowest BCUT2D eigenvalue weighted by molar-refractivity contribution is 0.450. The lowest BCUT2D eigenvalue weighted by Crippen LogP contribution is -2.02. The van der Waals surface area contributed by atoms with Crippen molar-refractivity contribution in [3.05, 3.63) is 180 Å². The maximum atomic E-state index is 11.8. The maximum absolute atomic E-state index is 11.8. The fourth-order valence-electron chi connectivity index (χ4n) is 7.61. The van der Waals surface area contributed by atoms with Gasteiger partial charge in [-0.05, 0) is 108 Å². The summed E-state index contributed by atoms with van der Waals surface area (Å²) in [6.45, 7) is 7.88. The fourth-order valence-corrected chi connectivity index (χ4v) is 7.61. The number of aryl methyl sites for hydroxylation is 4. The zero-order chi connectivity index (χ0) is 36.7. The molecular weight excluding hydrogens is 645 g/mol. The Morgan fingerprint density at radius 2 is 0.558 bits per heavy atom. The molecule has 5 nitrogen and oxygen atoms in total. The maximum Gasteiger partial charge on any atom is 0.122 e. The van der Waals surface area contributed by atoms with Gasteiger partial charge in [0.15, 0.2) is 0 Å². The van der Waals surface area contributed by atoms with Crippen LogP contribution in [-0.2, 0) is 32.1 Å². The first-order valence-corrected chi connectivity index (χ1v) is 17.6. The van der Waals surface area contributed by atoms with Crippen molar-refractivity contribution in [3.8, 4) is 40.6 Å². The molecule has 0 aromatic heterocycles. The second-order valence-corrected chi connectivity index (χ2v) is 14.4. The van der Waals surface area contributed by atoms with Gasteiger partial charge in [0.05, 0.1) is 0 Å². The van der Waals surface area contributed by atoms with E-state index in [2.05, 4.69) is 11.8 Å². The topological polar surface area (TPSA) is 101 Å². The molecule has 0 saturated carbocycles. The highest BCUT2D eigenvalue weighted by atomic mass is 16.3. The van der Waals surface area contributed by atoms with Gasteiger partial charge < -0.3 is 25.5 Å². The van der Waals surface area contributed by atoms with Crippen LogP contribution in [0.4, 0.5) is 0 Å². The third kappa shape index (κ3) is 7.06. The van der Waals surface area contributed by atoms with Gasteiger partial charge in [0.2, 0.25) is 0 Å². The molecule has 6 aromatic carbocycles. The Hall–Kier alpha value is -6.12. The highest BCUT2D eigenvalue weighted by Gasteiger charge is 2.21. The van der Waals surface area contributed by atoms with E-state index in [0.29, 0.717) is 80.5 Å². The molecule has 0 atom stereocenters. The Kier molecular flexibility index (Phi) is 9.17. The first-order chi connectivity index (χ1) is 24.9. The predicted molar refractivity (Wildman–Crippen MR) is 206 cm³/mol. The van der Waals surface area contributed by atoms with Crippen LogP contribution >= 0.6 is 0 Å². The number of phenolic OH excluding ortho intramolecular Hbond substituents is 5. The largest absolute Gasteiger partial charge is 0.507 e. The molecule has 0 unspecified atom stereocenters. The third-order valence-electron chi connectivity index (χ3n) is 9.95. The van der Waals surface area contributed by atoms with Crippen molar-refractivity contribution < 1.29 is 25.5 Å². The molecule has 6 aromatic rings. The van der Waals surface area contributed by atoms with E-state index < -0.39 is 0 Å². The van der Waals surface area contributed by atoms with Crippen LogP contribution in [0, 0.1) is 39.5 Å². The van der Waals surface area contributed by atoms with E-state index in [1.54, 1.807) is 0 Å². The lowest BCUT2D eigenvalue weighted by Gasteiger charge is -2.19. The summed E-state index contributed by atoms with van der Waals surface area (Å²) in [5.41, 5.74) is 11.8. The molecule has 5 N–H and O–H groups in total. The van der Waals surface area contributed by atoms with Crippen molar-refractivity contribution in [1.29, 1.82) is 0 Å². The third-order valence-corrected chi connectivity index (χ3v) is 9.95. The average molecular weight is 687 g/mol. The van der Waals surface area contributed by atoms with Crippen molar-refractivity contribution in [3.63, 3.8) is 0 Å². The van der Waals surface area contributed by atoms with E-state index >= 15 is 0 Å². The molecule has 1 aliphatic rings. The summed E-state index contributed by atoms with van der Waals surface area (Å²) < 4.78 is 0. The van der Waals surface area contributed by atoms with E-state index in [4.69, 9.17) is 0 Å². The smallest absolute Gasteiger partial charge is 0.122 e. The fraction of sp³-hybridized carbons (Fsp3) is 0.191. The molecule has 0 saturated heterocycles. The quantitative estimate of drug-likeness (QED) is 0.103. The summed E-state index contributed by atoms with van der Waals surface area (Å²) in [7, 11) is 0. The van der Waals surface area contributed by atoms with Gasteiger partial charge in [-0.25, -0.2) is 0 Å². The standard InChI is InChI=1S/C47H42O5/c1-27-12-33-22-34-13-28(2)15-36(44(34)49)24-38-17-30(4)19-40(46(38)51)26-42-21-32(11-10-31-8-6-5-7-9-31)20-41(47(42)52)25-39-18-29(3)16-37(45(39)50)23-35(14-27)43(33)48/h5-9,12-21,48-52H,22-26H2,1-4H3. The van der Waals surface area contributed by atoms with Crippen LogP contribution in [0.5, 0.6) is 28.7 Å². The van der Waals surface area contributed by atoms with Gasteiger partial charge >= 0.3 is 0 Å². The van der Waals surface area contributed by atoms with Crippen LogP contribution in [-0.4, -0.2) is 25.5 Å². The van der Waals surface area contributed by atoms with Crippen LogP contribution in [0.25, 0.3) is 0 Å². The van der Waals surface area contributed by atoms with E-state index in [0.717, 1.165) is 27.8 Å². The Bertz CT molecular complexity index is 2290. The zero-order valence-corrected chi connectivity index (χ0v) is 29.9. The average Bonchev–Trinajstić information content (AvgIpc) is 3.10. The minimum Gasteiger partial charge on any atom is -0.507 e. The molecule has 52 heavy (non-hydrogen) atoms. The molecule has 0 radical (unpaired) electrons. The monoisotopic (exact) mass is 686 g/mol. The second-order valence-electron chi connectivity index (χ2n) is 14.4. The first-order valence-electron chi connectivity index (χ1n) is 17.6. The minimum atomic E-state index is 0.0755. The molecule has 7 rings (SSSR count). The van der Waals surface area contributed by atoms with Crippen molar-refractivity contribution in [2.75, 3.05) is 0 Å². The number of phenols is 5. The molecule has 0 heterocycles. The number of fused-ring (bicyclic) bond motifs is 10. The zero-order valence-electron chi connectivity index (χ0n) is 29.9. The number of aromatic hydroxyl groups is 5.